The summed E-state index contributed by atoms with van der Waals surface area (Å²) in [5, 5.41) is 3.39. The van der Waals surface area contributed by atoms with Crippen molar-refractivity contribution in [3.8, 4) is 0 Å². The molecule has 1 aromatic rings. The van der Waals surface area contributed by atoms with Gasteiger partial charge >= 0.3 is 0 Å². The molecule has 1 aliphatic heterocycles. The van der Waals surface area contributed by atoms with Gasteiger partial charge in [-0.25, -0.2) is 9.97 Å². The molecule has 1 aliphatic rings. The van der Waals surface area contributed by atoms with Crippen molar-refractivity contribution in [2.24, 2.45) is 0 Å². The van der Waals surface area contributed by atoms with Gasteiger partial charge in [-0.3, -0.25) is 0 Å². The van der Waals surface area contributed by atoms with Gasteiger partial charge in [0, 0.05) is 18.3 Å². The fourth-order valence-corrected chi connectivity index (χ4v) is 1.57. The van der Waals surface area contributed by atoms with Crippen molar-refractivity contribution in [2.75, 3.05) is 0 Å². The van der Waals surface area contributed by atoms with Crippen LogP contribution in [0.1, 0.15) is 30.9 Å². The molecule has 0 bridgehead atoms. The Kier molecular flexibility index (Phi) is 1.45. The van der Waals surface area contributed by atoms with Gasteiger partial charge < -0.3 is 5.32 Å². The number of hydrogen-bond acceptors (Lipinski definition) is 3. The molecule has 2 rings (SSSR count). The molecule has 0 saturated heterocycles. The standard InChI is InChI=1S/C9H13N3/c1-6-10-4-7-5-11-9(2,3)8(7)12-6/h4,11H,5H2,1-3H3. The Morgan fingerprint density at radius 2 is 2.25 bits per heavy atom. The minimum atomic E-state index is 0.0169. The lowest BCUT2D eigenvalue weighted by molar-refractivity contribution is 0.432. The van der Waals surface area contributed by atoms with E-state index in [0.717, 1.165) is 18.1 Å². The van der Waals surface area contributed by atoms with Crippen LogP contribution in [0.2, 0.25) is 0 Å². The Hall–Kier alpha value is -0.960. The van der Waals surface area contributed by atoms with Gasteiger partial charge in [-0.15, -0.1) is 0 Å². The summed E-state index contributed by atoms with van der Waals surface area (Å²) in [4.78, 5) is 8.60. The predicted octanol–water partition coefficient (Wildman–Crippen LogP) is 1.12. The second-order valence-corrected chi connectivity index (χ2v) is 3.77. The molecule has 0 atom stereocenters. The van der Waals surface area contributed by atoms with Gasteiger partial charge in [-0.2, -0.15) is 0 Å². The first-order valence-corrected chi connectivity index (χ1v) is 4.17. The average molecular weight is 163 g/mol. The summed E-state index contributed by atoms with van der Waals surface area (Å²) >= 11 is 0. The number of fused-ring (bicyclic) bond motifs is 1. The maximum Gasteiger partial charge on any atom is 0.125 e. The van der Waals surface area contributed by atoms with Crippen LogP contribution in [0.3, 0.4) is 0 Å². The van der Waals surface area contributed by atoms with E-state index < -0.39 is 0 Å². The molecule has 1 aromatic heterocycles. The van der Waals surface area contributed by atoms with Gasteiger partial charge in [0.15, 0.2) is 0 Å². The van der Waals surface area contributed by atoms with Crippen molar-refractivity contribution >= 4 is 0 Å². The second-order valence-electron chi connectivity index (χ2n) is 3.77. The maximum atomic E-state index is 4.43. The minimum Gasteiger partial charge on any atom is -0.302 e. The van der Waals surface area contributed by atoms with Crippen LogP contribution in [-0.4, -0.2) is 9.97 Å². The first kappa shape index (κ1) is 7.68. The van der Waals surface area contributed by atoms with Crippen molar-refractivity contribution < 1.29 is 0 Å². The van der Waals surface area contributed by atoms with Crippen LogP contribution in [0.15, 0.2) is 6.20 Å². The lowest BCUT2D eigenvalue weighted by atomic mass is 10.0. The fraction of sp³-hybridized carbons (Fsp3) is 0.556. The van der Waals surface area contributed by atoms with Crippen LogP contribution in [0.25, 0.3) is 0 Å². The number of hydrogen-bond donors (Lipinski definition) is 1. The van der Waals surface area contributed by atoms with E-state index in [0.29, 0.717) is 0 Å². The van der Waals surface area contributed by atoms with Crippen LogP contribution in [0.4, 0.5) is 0 Å². The number of aryl methyl sites for hydroxylation is 1. The summed E-state index contributed by atoms with van der Waals surface area (Å²) in [7, 11) is 0. The molecule has 0 spiro atoms. The van der Waals surface area contributed by atoms with E-state index in [-0.39, 0.29) is 5.54 Å². The van der Waals surface area contributed by atoms with Crippen LogP contribution in [0, 0.1) is 6.92 Å². The van der Waals surface area contributed by atoms with E-state index in [1.807, 2.05) is 13.1 Å². The van der Waals surface area contributed by atoms with Crippen LogP contribution >= 0.6 is 0 Å². The van der Waals surface area contributed by atoms with E-state index in [1.165, 1.54) is 5.56 Å². The minimum absolute atomic E-state index is 0.0169. The van der Waals surface area contributed by atoms with Crippen LogP contribution < -0.4 is 5.32 Å². The highest BCUT2D eigenvalue weighted by molar-refractivity contribution is 5.29. The molecule has 0 aromatic carbocycles. The molecule has 0 saturated carbocycles. The summed E-state index contributed by atoms with van der Waals surface area (Å²) in [5.74, 6) is 0.852. The fourth-order valence-electron chi connectivity index (χ4n) is 1.57. The van der Waals surface area contributed by atoms with Gasteiger partial charge in [0.2, 0.25) is 0 Å². The topological polar surface area (TPSA) is 37.8 Å². The predicted molar refractivity (Wildman–Crippen MR) is 46.6 cm³/mol. The monoisotopic (exact) mass is 163 g/mol. The molecule has 1 N–H and O–H groups in total. The molecule has 0 amide bonds. The average Bonchev–Trinajstić information content (AvgIpc) is 2.28. The van der Waals surface area contributed by atoms with E-state index >= 15 is 0 Å². The lowest BCUT2D eigenvalue weighted by Crippen LogP contribution is -2.29. The summed E-state index contributed by atoms with van der Waals surface area (Å²) in [6, 6.07) is 0. The first-order valence-electron chi connectivity index (χ1n) is 4.17. The molecular formula is C9H13N3. The molecule has 0 aliphatic carbocycles. The Balaban J connectivity index is 2.57. The zero-order valence-corrected chi connectivity index (χ0v) is 7.68. The highest BCUT2D eigenvalue weighted by Crippen LogP contribution is 2.27. The van der Waals surface area contributed by atoms with E-state index in [1.54, 1.807) is 0 Å². The largest absolute Gasteiger partial charge is 0.302 e. The third-order valence-electron chi connectivity index (χ3n) is 2.30. The third-order valence-corrected chi connectivity index (χ3v) is 2.30. The summed E-state index contributed by atoms with van der Waals surface area (Å²) in [6.07, 6.45) is 1.92. The van der Waals surface area contributed by atoms with Gasteiger partial charge in [0.05, 0.1) is 11.2 Å². The third kappa shape index (κ3) is 1.01. The molecule has 0 radical (unpaired) electrons. The molecule has 3 nitrogen and oxygen atoms in total. The van der Waals surface area contributed by atoms with Crippen molar-refractivity contribution in [1.29, 1.82) is 0 Å². The number of nitrogens with zero attached hydrogens (tertiary/aromatic N) is 2. The normalized spacial score (nSPS) is 19.2. The Morgan fingerprint density at radius 1 is 1.50 bits per heavy atom. The Morgan fingerprint density at radius 3 is 3.00 bits per heavy atom. The highest BCUT2D eigenvalue weighted by atomic mass is 15.0. The van der Waals surface area contributed by atoms with Gasteiger partial charge in [-0.1, -0.05) is 0 Å². The zero-order valence-electron chi connectivity index (χ0n) is 7.68. The number of rotatable bonds is 0. The second kappa shape index (κ2) is 2.26. The molecule has 64 valence electrons. The van der Waals surface area contributed by atoms with Crippen molar-refractivity contribution in [2.45, 2.75) is 32.9 Å². The first-order chi connectivity index (χ1) is 5.59. The number of nitrogens with one attached hydrogen (secondary N) is 1. The Bertz CT molecular complexity index is 318. The van der Waals surface area contributed by atoms with Gasteiger partial charge in [-0.05, 0) is 20.8 Å². The van der Waals surface area contributed by atoms with E-state index in [9.17, 15) is 0 Å². The van der Waals surface area contributed by atoms with Crippen molar-refractivity contribution in [3.63, 3.8) is 0 Å². The molecular weight excluding hydrogens is 150 g/mol. The van der Waals surface area contributed by atoms with Gasteiger partial charge in [0.1, 0.15) is 5.82 Å². The molecule has 0 fully saturated rings. The SMILES string of the molecule is Cc1ncc2c(n1)C(C)(C)NC2. The summed E-state index contributed by atoms with van der Waals surface area (Å²) in [5.41, 5.74) is 2.39. The zero-order chi connectivity index (χ0) is 8.77. The van der Waals surface area contributed by atoms with Gasteiger partial charge in [0.25, 0.3) is 0 Å². The summed E-state index contributed by atoms with van der Waals surface area (Å²) < 4.78 is 0. The Labute approximate surface area is 72.2 Å². The maximum absolute atomic E-state index is 4.43. The quantitative estimate of drug-likeness (QED) is 0.623. The van der Waals surface area contributed by atoms with E-state index in [4.69, 9.17) is 0 Å². The molecule has 3 heteroatoms. The van der Waals surface area contributed by atoms with Crippen molar-refractivity contribution in [1.82, 2.24) is 15.3 Å². The number of aromatic nitrogens is 2. The lowest BCUT2D eigenvalue weighted by Gasteiger charge is -2.18. The summed E-state index contributed by atoms with van der Waals surface area (Å²) in [6.45, 7) is 7.10. The molecule has 12 heavy (non-hydrogen) atoms. The highest BCUT2D eigenvalue weighted by Gasteiger charge is 2.30. The van der Waals surface area contributed by atoms with Crippen LogP contribution in [-0.2, 0) is 12.1 Å². The molecule has 0 unspecified atom stereocenters. The van der Waals surface area contributed by atoms with E-state index in [2.05, 4.69) is 29.1 Å². The van der Waals surface area contributed by atoms with Crippen molar-refractivity contribution in [3.05, 3.63) is 23.3 Å². The smallest absolute Gasteiger partial charge is 0.125 e. The molecule has 2 heterocycles. The van der Waals surface area contributed by atoms with Crippen LogP contribution in [0.5, 0.6) is 0 Å².